The molecule has 1 aromatic rings. The third-order valence-corrected chi connectivity index (χ3v) is 3.17. The van der Waals surface area contributed by atoms with Gasteiger partial charge in [0.25, 0.3) is 0 Å². The van der Waals surface area contributed by atoms with E-state index >= 15 is 0 Å². The van der Waals surface area contributed by atoms with Crippen molar-refractivity contribution in [2.45, 2.75) is 39.2 Å². The first-order valence-corrected chi connectivity index (χ1v) is 6.16. The first kappa shape index (κ1) is 14.1. The highest BCUT2D eigenvalue weighted by atomic mass is 19.2. The first-order chi connectivity index (χ1) is 8.06. The van der Waals surface area contributed by atoms with Gasteiger partial charge in [-0.3, -0.25) is 0 Å². The molecule has 0 saturated heterocycles. The number of hydrogen-bond acceptors (Lipinski definition) is 1. The lowest BCUT2D eigenvalue weighted by atomic mass is 9.97. The van der Waals surface area contributed by atoms with Crippen LogP contribution in [-0.2, 0) is 6.42 Å². The Hall–Kier alpha value is -0.960. The van der Waals surface area contributed by atoms with Gasteiger partial charge in [-0.2, -0.15) is 0 Å². The van der Waals surface area contributed by atoms with Crippen LogP contribution in [0.25, 0.3) is 0 Å². The normalized spacial score (nSPS) is 13.1. The topological polar surface area (TPSA) is 12.0 Å². The van der Waals surface area contributed by atoms with Crippen LogP contribution < -0.4 is 5.32 Å². The summed E-state index contributed by atoms with van der Waals surface area (Å²) in [6.45, 7) is 4.31. The summed E-state index contributed by atoms with van der Waals surface area (Å²) in [6.07, 6.45) is 2.43. The average molecular weight is 241 g/mol. The molecule has 0 heterocycles. The molecular weight excluding hydrogens is 220 g/mol. The van der Waals surface area contributed by atoms with Crippen LogP contribution in [0.5, 0.6) is 0 Å². The molecule has 17 heavy (non-hydrogen) atoms. The number of nitrogens with one attached hydrogen (secondary N) is 1. The molecule has 96 valence electrons. The zero-order chi connectivity index (χ0) is 12.8. The van der Waals surface area contributed by atoms with Crippen LogP contribution in [0.3, 0.4) is 0 Å². The zero-order valence-electron chi connectivity index (χ0n) is 10.8. The molecule has 3 heteroatoms. The SMILES string of the molecule is CNC(CCCc1cccc(F)c1F)C(C)C. The molecule has 0 aliphatic carbocycles. The summed E-state index contributed by atoms with van der Waals surface area (Å²) in [5.74, 6) is -0.896. The van der Waals surface area contributed by atoms with Gasteiger partial charge in [0.15, 0.2) is 11.6 Å². The van der Waals surface area contributed by atoms with Crippen LogP contribution >= 0.6 is 0 Å². The summed E-state index contributed by atoms with van der Waals surface area (Å²) in [4.78, 5) is 0. The molecule has 0 amide bonds. The fourth-order valence-electron chi connectivity index (χ4n) is 2.06. The molecule has 1 nitrogen and oxygen atoms in total. The third-order valence-electron chi connectivity index (χ3n) is 3.17. The molecule has 1 N–H and O–H groups in total. The number of rotatable bonds is 6. The van der Waals surface area contributed by atoms with Crippen LogP contribution in [0.2, 0.25) is 0 Å². The fraction of sp³-hybridized carbons (Fsp3) is 0.571. The van der Waals surface area contributed by atoms with Crippen molar-refractivity contribution in [2.24, 2.45) is 5.92 Å². The summed E-state index contributed by atoms with van der Waals surface area (Å²) >= 11 is 0. The molecule has 0 aliphatic rings. The van der Waals surface area contributed by atoms with Crippen molar-refractivity contribution in [3.63, 3.8) is 0 Å². The highest BCUT2D eigenvalue weighted by molar-refractivity contribution is 5.18. The Morgan fingerprint density at radius 3 is 2.53 bits per heavy atom. The van der Waals surface area contributed by atoms with Gasteiger partial charge in [-0.05, 0) is 43.9 Å². The lowest BCUT2D eigenvalue weighted by Crippen LogP contribution is -2.30. The minimum atomic E-state index is -0.753. The van der Waals surface area contributed by atoms with Gasteiger partial charge in [0.2, 0.25) is 0 Å². The average Bonchev–Trinajstić information content (AvgIpc) is 2.29. The van der Waals surface area contributed by atoms with Crippen molar-refractivity contribution in [3.05, 3.63) is 35.4 Å². The maximum absolute atomic E-state index is 13.4. The number of hydrogen-bond donors (Lipinski definition) is 1. The Bertz CT molecular complexity index is 350. The Morgan fingerprint density at radius 1 is 1.24 bits per heavy atom. The molecule has 0 radical (unpaired) electrons. The predicted molar refractivity (Wildman–Crippen MR) is 67.0 cm³/mol. The van der Waals surface area contributed by atoms with Gasteiger partial charge in [0.1, 0.15) is 0 Å². The van der Waals surface area contributed by atoms with Crippen molar-refractivity contribution in [2.75, 3.05) is 7.05 Å². The summed E-state index contributed by atoms with van der Waals surface area (Å²) < 4.78 is 26.3. The van der Waals surface area contributed by atoms with Crippen LogP contribution in [0, 0.1) is 17.6 Å². The van der Waals surface area contributed by atoms with E-state index in [-0.39, 0.29) is 0 Å². The van der Waals surface area contributed by atoms with Gasteiger partial charge in [-0.25, -0.2) is 8.78 Å². The first-order valence-electron chi connectivity index (χ1n) is 6.16. The number of halogens is 2. The molecule has 1 atom stereocenters. The van der Waals surface area contributed by atoms with Gasteiger partial charge >= 0.3 is 0 Å². The van der Waals surface area contributed by atoms with E-state index in [1.807, 2.05) is 7.05 Å². The van der Waals surface area contributed by atoms with E-state index < -0.39 is 11.6 Å². The Morgan fingerprint density at radius 2 is 1.94 bits per heavy atom. The smallest absolute Gasteiger partial charge is 0.162 e. The van der Waals surface area contributed by atoms with Crippen molar-refractivity contribution < 1.29 is 8.78 Å². The largest absolute Gasteiger partial charge is 0.317 e. The van der Waals surface area contributed by atoms with Crippen LogP contribution in [-0.4, -0.2) is 13.1 Å². The Labute approximate surface area is 102 Å². The van der Waals surface area contributed by atoms with Gasteiger partial charge in [0.05, 0.1) is 0 Å². The maximum Gasteiger partial charge on any atom is 0.162 e. The van der Waals surface area contributed by atoms with Crippen LogP contribution in [0.1, 0.15) is 32.3 Å². The maximum atomic E-state index is 13.4. The van der Waals surface area contributed by atoms with E-state index in [2.05, 4.69) is 19.2 Å². The lowest BCUT2D eigenvalue weighted by Gasteiger charge is -2.19. The minimum Gasteiger partial charge on any atom is -0.317 e. The lowest BCUT2D eigenvalue weighted by molar-refractivity contribution is 0.392. The van der Waals surface area contributed by atoms with Crippen LogP contribution in [0.4, 0.5) is 8.78 Å². The molecular formula is C14H21F2N. The van der Waals surface area contributed by atoms with E-state index in [1.165, 1.54) is 0 Å². The molecule has 0 spiro atoms. The van der Waals surface area contributed by atoms with Crippen LogP contribution in [0.15, 0.2) is 18.2 Å². The molecule has 0 aromatic heterocycles. The van der Waals surface area contributed by atoms with Crippen molar-refractivity contribution >= 4 is 0 Å². The number of aryl methyl sites for hydroxylation is 1. The molecule has 1 rings (SSSR count). The summed E-state index contributed by atoms with van der Waals surface area (Å²) in [5.41, 5.74) is 0.476. The van der Waals surface area contributed by atoms with Crippen molar-refractivity contribution in [1.29, 1.82) is 0 Å². The molecule has 0 bridgehead atoms. The monoisotopic (exact) mass is 241 g/mol. The summed E-state index contributed by atoms with van der Waals surface area (Å²) in [6, 6.07) is 4.81. The minimum absolute atomic E-state index is 0.437. The van der Waals surface area contributed by atoms with Gasteiger partial charge in [-0.1, -0.05) is 26.0 Å². The van der Waals surface area contributed by atoms with E-state index in [0.717, 1.165) is 18.9 Å². The number of benzene rings is 1. The summed E-state index contributed by atoms with van der Waals surface area (Å²) in [5, 5.41) is 3.25. The Balaban J connectivity index is 2.48. The molecule has 1 aromatic carbocycles. The Kier molecular flexibility index (Phi) is 5.56. The van der Waals surface area contributed by atoms with E-state index in [1.54, 1.807) is 12.1 Å². The van der Waals surface area contributed by atoms with Crippen molar-refractivity contribution in [1.82, 2.24) is 5.32 Å². The summed E-state index contributed by atoms with van der Waals surface area (Å²) in [7, 11) is 1.94. The second-order valence-corrected chi connectivity index (χ2v) is 4.74. The van der Waals surface area contributed by atoms with Gasteiger partial charge < -0.3 is 5.32 Å². The highest BCUT2D eigenvalue weighted by Crippen LogP contribution is 2.16. The second kappa shape index (κ2) is 6.70. The van der Waals surface area contributed by atoms with E-state index in [0.29, 0.717) is 23.9 Å². The second-order valence-electron chi connectivity index (χ2n) is 4.74. The third kappa shape index (κ3) is 4.08. The predicted octanol–water partition coefficient (Wildman–Crippen LogP) is 3.53. The van der Waals surface area contributed by atoms with E-state index in [9.17, 15) is 8.78 Å². The van der Waals surface area contributed by atoms with E-state index in [4.69, 9.17) is 0 Å². The van der Waals surface area contributed by atoms with Gasteiger partial charge in [-0.15, -0.1) is 0 Å². The standard InChI is InChI=1S/C14H21F2N/c1-10(2)13(17-3)9-5-7-11-6-4-8-12(15)14(11)16/h4,6,8,10,13,17H,5,7,9H2,1-3H3. The molecule has 0 fully saturated rings. The fourth-order valence-corrected chi connectivity index (χ4v) is 2.06. The van der Waals surface area contributed by atoms with Crippen molar-refractivity contribution in [3.8, 4) is 0 Å². The molecule has 1 unspecified atom stereocenters. The zero-order valence-corrected chi connectivity index (χ0v) is 10.8. The molecule has 0 aliphatic heterocycles. The highest BCUT2D eigenvalue weighted by Gasteiger charge is 2.12. The quantitative estimate of drug-likeness (QED) is 0.803. The molecule has 0 saturated carbocycles. The van der Waals surface area contributed by atoms with Gasteiger partial charge in [0, 0.05) is 6.04 Å².